The number of nitrogens with one attached hydrogen (secondary N) is 1. The molecule has 2 amide bonds. The third kappa shape index (κ3) is 2.98. The number of hydrogen-bond donors (Lipinski definition) is 1. The number of piperidine rings is 1. The van der Waals surface area contributed by atoms with E-state index in [0.717, 1.165) is 17.6 Å². The molecule has 1 aliphatic rings. The molecule has 126 valence electrons. The Morgan fingerprint density at radius 1 is 1.24 bits per heavy atom. The summed E-state index contributed by atoms with van der Waals surface area (Å²) in [5.74, 6) is -0.313. The fourth-order valence-corrected chi connectivity index (χ4v) is 3.20. The highest BCUT2D eigenvalue weighted by molar-refractivity contribution is 6.03. The number of carbonyl (C=O) groups is 2. The first-order valence-electron chi connectivity index (χ1n) is 8.31. The minimum absolute atomic E-state index is 0.0867. The molecule has 0 spiro atoms. The second kappa shape index (κ2) is 6.39. The van der Waals surface area contributed by atoms with Crippen LogP contribution in [-0.2, 0) is 4.79 Å². The van der Waals surface area contributed by atoms with E-state index in [1.807, 2.05) is 40.9 Å². The molecule has 3 aromatic heterocycles. The maximum Gasteiger partial charge on any atom is 0.253 e. The molecule has 0 radical (unpaired) electrons. The molecule has 4 rings (SSSR count). The Labute approximate surface area is 145 Å². The zero-order valence-electron chi connectivity index (χ0n) is 13.6. The molecule has 1 saturated heterocycles. The third-order valence-corrected chi connectivity index (χ3v) is 4.47. The van der Waals surface area contributed by atoms with Gasteiger partial charge in [-0.3, -0.25) is 14.6 Å². The van der Waals surface area contributed by atoms with Gasteiger partial charge in [0.2, 0.25) is 5.91 Å². The molecule has 6 heteroatoms. The van der Waals surface area contributed by atoms with Crippen LogP contribution in [0.2, 0.25) is 0 Å². The maximum atomic E-state index is 12.7. The highest BCUT2D eigenvalue weighted by Gasteiger charge is 2.31. The van der Waals surface area contributed by atoms with Crippen LogP contribution in [0.5, 0.6) is 0 Å². The molecule has 1 fully saturated rings. The van der Waals surface area contributed by atoms with E-state index in [9.17, 15) is 9.59 Å². The fraction of sp³-hybridized carbons (Fsp3) is 0.211. The van der Waals surface area contributed by atoms with Crippen LogP contribution >= 0.6 is 0 Å². The Morgan fingerprint density at radius 2 is 2.16 bits per heavy atom. The van der Waals surface area contributed by atoms with E-state index in [2.05, 4.69) is 10.3 Å². The fourth-order valence-electron chi connectivity index (χ4n) is 3.20. The van der Waals surface area contributed by atoms with E-state index in [4.69, 9.17) is 0 Å². The van der Waals surface area contributed by atoms with Crippen molar-refractivity contribution in [3.63, 3.8) is 0 Å². The highest BCUT2D eigenvalue weighted by Crippen LogP contribution is 2.20. The van der Waals surface area contributed by atoms with Gasteiger partial charge in [0.1, 0.15) is 6.04 Å². The second-order valence-corrected chi connectivity index (χ2v) is 6.13. The van der Waals surface area contributed by atoms with Crippen LogP contribution < -0.4 is 10.2 Å². The van der Waals surface area contributed by atoms with E-state index in [-0.39, 0.29) is 11.8 Å². The van der Waals surface area contributed by atoms with Gasteiger partial charge in [0.25, 0.3) is 5.91 Å². The van der Waals surface area contributed by atoms with E-state index >= 15 is 0 Å². The summed E-state index contributed by atoms with van der Waals surface area (Å²) in [4.78, 5) is 31.1. The molecular formula is C19H18N4O2. The van der Waals surface area contributed by atoms with Gasteiger partial charge in [0.15, 0.2) is 0 Å². The predicted octanol–water partition coefficient (Wildman–Crippen LogP) is 2.26. The second-order valence-electron chi connectivity index (χ2n) is 6.13. The summed E-state index contributed by atoms with van der Waals surface area (Å²) in [7, 11) is 0. The lowest BCUT2D eigenvalue weighted by atomic mass is 10.0. The quantitative estimate of drug-likeness (QED) is 0.799. The number of nitrogens with zero attached hydrogens (tertiary/aromatic N) is 3. The lowest BCUT2D eigenvalue weighted by molar-refractivity contribution is -0.121. The maximum absolute atomic E-state index is 12.7. The summed E-state index contributed by atoms with van der Waals surface area (Å²) in [5, 5.41) is 2.88. The Morgan fingerprint density at radius 3 is 2.96 bits per heavy atom. The molecule has 3 aromatic rings. The zero-order valence-corrected chi connectivity index (χ0v) is 13.6. The molecule has 4 heterocycles. The van der Waals surface area contributed by atoms with E-state index < -0.39 is 6.04 Å². The predicted molar refractivity (Wildman–Crippen MR) is 94.5 cm³/mol. The molecule has 1 N–H and O–H groups in total. The first-order chi connectivity index (χ1) is 12.2. The SMILES string of the molecule is O=C(N[C@@H]1CCCN(c2cccnc2)C1=O)c1cc2ccccn2c1. The van der Waals surface area contributed by atoms with Gasteiger partial charge >= 0.3 is 0 Å². The van der Waals surface area contributed by atoms with Gasteiger partial charge in [-0.05, 0) is 43.2 Å². The molecule has 0 bridgehead atoms. The molecule has 0 saturated carbocycles. The number of fused-ring (bicyclic) bond motifs is 1. The van der Waals surface area contributed by atoms with Crippen molar-refractivity contribution < 1.29 is 9.59 Å². The zero-order chi connectivity index (χ0) is 17.2. The van der Waals surface area contributed by atoms with Crippen LogP contribution in [0.15, 0.2) is 61.2 Å². The van der Waals surface area contributed by atoms with Gasteiger partial charge in [0.05, 0.1) is 17.4 Å². The molecule has 1 atom stereocenters. The molecule has 6 nitrogen and oxygen atoms in total. The topological polar surface area (TPSA) is 66.7 Å². The number of aromatic nitrogens is 2. The van der Waals surface area contributed by atoms with E-state index in [0.29, 0.717) is 18.5 Å². The number of hydrogen-bond acceptors (Lipinski definition) is 3. The van der Waals surface area contributed by atoms with Crippen molar-refractivity contribution in [1.29, 1.82) is 0 Å². The Balaban J connectivity index is 1.51. The van der Waals surface area contributed by atoms with Crippen molar-refractivity contribution in [3.05, 3.63) is 66.7 Å². The van der Waals surface area contributed by atoms with Crippen LogP contribution in [0, 0.1) is 0 Å². The Bertz CT molecular complexity index is 886. The van der Waals surface area contributed by atoms with Crippen molar-refractivity contribution in [3.8, 4) is 0 Å². The van der Waals surface area contributed by atoms with Gasteiger partial charge in [-0.2, -0.15) is 0 Å². The van der Waals surface area contributed by atoms with E-state index in [1.54, 1.807) is 29.6 Å². The Kier molecular flexibility index (Phi) is 3.93. The first kappa shape index (κ1) is 15.4. The smallest absolute Gasteiger partial charge is 0.253 e. The van der Waals surface area contributed by atoms with Crippen molar-refractivity contribution in [2.24, 2.45) is 0 Å². The third-order valence-electron chi connectivity index (χ3n) is 4.47. The average molecular weight is 334 g/mol. The summed E-state index contributed by atoms with van der Waals surface area (Å²) in [5.41, 5.74) is 2.26. The van der Waals surface area contributed by atoms with Gasteiger partial charge < -0.3 is 14.6 Å². The summed E-state index contributed by atoms with van der Waals surface area (Å²) >= 11 is 0. The van der Waals surface area contributed by atoms with Crippen molar-refractivity contribution >= 4 is 23.0 Å². The van der Waals surface area contributed by atoms with Crippen molar-refractivity contribution in [2.75, 3.05) is 11.4 Å². The van der Waals surface area contributed by atoms with Crippen molar-refractivity contribution in [2.45, 2.75) is 18.9 Å². The number of anilines is 1. The lowest BCUT2D eigenvalue weighted by Gasteiger charge is -2.32. The van der Waals surface area contributed by atoms with Crippen LogP contribution in [-0.4, -0.2) is 33.8 Å². The number of rotatable bonds is 3. The van der Waals surface area contributed by atoms with Gasteiger partial charge in [-0.25, -0.2) is 0 Å². The number of carbonyl (C=O) groups excluding carboxylic acids is 2. The van der Waals surface area contributed by atoms with Crippen LogP contribution in [0.1, 0.15) is 23.2 Å². The summed E-state index contributed by atoms with van der Waals surface area (Å²) in [6, 6.07) is 10.7. The molecule has 0 unspecified atom stereocenters. The number of pyridine rings is 2. The molecule has 1 aliphatic heterocycles. The highest BCUT2D eigenvalue weighted by atomic mass is 16.2. The molecule has 0 aliphatic carbocycles. The minimum atomic E-state index is -0.510. The standard InChI is InChI=1S/C19H18N4O2/c24-18(14-11-15-5-1-2-9-22(15)13-14)21-17-7-4-10-23(19(17)25)16-6-3-8-20-12-16/h1-3,5-6,8-9,11-13,17H,4,7,10H2,(H,21,24)/t17-/m1/s1. The van der Waals surface area contributed by atoms with Crippen LogP contribution in [0.3, 0.4) is 0 Å². The summed E-state index contributed by atoms with van der Waals surface area (Å²) < 4.78 is 1.89. The number of amides is 2. The average Bonchev–Trinajstić information content (AvgIpc) is 3.08. The largest absolute Gasteiger partial charge is 0.340 e. The molecular weight excluding hydrogens is 316 g/mol. The van der Waals surface area contributed by atoms with Gasteiger partial charge in [0, 0.05) is 30.7 Å². The van der Waals surface area contributed by atoms with Gasteiger partial charge in [-0.15, -0.1) is 0 Å². The molecule has 0 aromatic carbocycles. The van der Waals surface area contributed by atoms with Crippen LogP contribution in [0.25, 0.3) is 5.52 Å². The normalized spacial score (nSPS) is 17.7. The summed E-state index contributed by atoms with van der Waals surface area (Å²) in [6.07, 6.45) is 8.49. The summed E-state index contributed by atoms with van der Waals surface area (Å²) in [6.45, 7) is 0.646. The van der Waals surface area contributed by atoms with Gasteiger partial charge in [-0.1, -0.05) is 6.07 Å². The van der Waals surface area contributed by atoms with Crippen LogP contribution in [0.4, 0.5) is 5.69 Å². The molecule has 25 heavy (non-hydrogen) atoms. The first-order valence-corrected chi connectivity index (χ1v) is 8.31. The Hall–Kier alpha value is -3.15. The monoisotopic (exact) mass is 334 g/mol. The van der Waals surface area contributed by atoms with E-state index in [1.165, 1.54) is 0 Å². The minimum Gasteiger partial charge on any atom is -0.340 e. The lowest BCUT2D eigenvalue weighted by Crippen LogP contribution is -2.52. The van der Waals surface area contributed by atoms with Crippen molar-refractivity contribution in [1.82, 2.24) is 14.7 Å².